The summed E-state index contributed by atoms with van der Waals surface area (Å²) >= 11 is 0. The number of H-pyrrole nitrogens is 1. The van der Waals surface area contributed by atoms with Gasteiger partial charge in [-0.05, 0) is 12.8 Å². The molecular weight excluding hydrogens is 228 g/mol. The smallest absolute Gasteiger partial charge is 0.252 e. The van der Waals surface area contributed by atoms with Crippen LogP contribution in [0.4, 0.5) is 5.82 Å². The van der Waals surface area contributed by atoms with Crippen molar-refractivity contribution >= 4 is 5.82 Å². The fraction of sp³-hybridized carbons (Fsp3) is 0.692. The van der Waals surface area contributed by atoms with E-state index in [1.165, 1.54) is 0 Å². The van der Waals surface area contributed by atoms with Crippen molar-refractivity contribution in [2.75, 3.05) is 25.0 Å². The standard InChI is InChI=1S/C13H22N4O/c1-9(2)14-6-7-17(3)11-8-12(18)16-13(15-11)10-4-5-10/h8-10,14H,4-7H2,1-3H3,(H,15,16,18). The maximum absolute atomic E-state index is 11.6. The maximum atomic E-state index is 11.6. The molecule has 1 heterocycles. The monoisotopic (exact) mass is 250 g/mol. The number of hydrogen-bond acceptors (Lipinski definition) is 4. The molecule has 5 heteroatoms. The molecule has 0 aliphatic heterocycles. The van der Waals surface area contributed by atoms with Gasteiger partial charge in [0.05, 0.1) is 0 Å². The van der Waals surface area contributed by atoms with E-state index in [2.05, 4.69) is 29.1 Å². The Hall–Kier alpha value is -1.36. The molecule has 2 N–H and O–H groups in total. The van der Waals surface area contributed by atoms with Gasteiger partial charge in [0.15, 0.2) is 0 Å². The number of likely N-dealkylation sites (N-methyl/N-ethyl adjacent to an activating group) is 1. The van der Waals surface area contributed by atoms with Crippen LogP contribution in [0, 0.1) is 0 Å². The predicted octanol–water partition coefficient (Wildman–Crippen LogP) is 1.08. The van der Waals surface area contributed by atoms with Crippen LogP contribution in [0.25, 0.3) is 0 Å². The highest BCUT2D eigenvalue weighted by atomic mass is 16.1. The van der Waals surface area contributed by atoms with E-state index in [-0.39, 0.29) is 5.56 Å². The van der Waals surface area contributed by atoms with E-state index in [1.54, 1.807) is 6.07 Å². The van der Waals surface area contributed by atoms with Crippen LogP contribution < -0.4 is 15.8 Å². The molecule has 1 aliphatic carbocycles. The number of nitrogens with zero attached hydrogens (tertiary/aromatic N) is 2. The summed E-state index contributed by atoms with van der Waals surface area (Å²) in [6, 6.07) is 2.05. The summed E-state index contributed by atoms with van der Waals surface area (Å²) in [6.07, 6.45) is 2.29. The fourth-order valence-electron chi connectivity index (χ4n) is 1.84. The molecule has 1 fully saturated rings. The van der Waals surface area contributed by atoms with Gasteiger partial charge in [0.25, 0.3) is 5.56 Å². The first-order valence-electron chi connectivity index (χ1n) is 6.62. The Labute approximate surface area is 108 Å². The number of rotatable bonds is 6. The minimum atomic E-state index is -0.0504. The van der Waals surface area contributed by atoms with Gasteiger partial charge in [-0.2, -0.15) is 0 Å². The van der Waals surface area contributed by atoms with Crippen LogP contribution in [0.15, 0.2) is 10.9 Å². The summed E-state index contributed by atoms with van der Waals surface area (Å²) in [6.45, 7) is 5.98. The van der Waals surface area contributed by atoms with Crippen LogP contribution in [-0.2, 0) is 0 Å². The molecule has 1 aromatic rings. The maximum Gasteiger partial charge on any atom is 0.252 e. The average molecular weight is 250 g/mol. The molecule has 0 bridgehead atoms. The zero-order valence-electron chi connectivity index (χ0n) is 11.4. The van der Waals surface area contributed by atoms with Crippen LogP contribution in [0.3, 0.4) is 0 Å². The summed E-state index contributed by atoms with van der Waals surface area (Å²) in [7, 11) is 1.97. The Morgan fingerprint density at radius 1 is 1.56 bits per heavy atom. The average Bonchev–Trinajstić information content (AvgIpc) is 3.11. The van der Waals surface area contributed by atoms with E-state index in [1.807, 2.05) is 11.9 Å². The molecule has 0 atom stereocenters. The van der Waals surface area contributed by atoms with E-state index >= 15 is 0 Å². The first kappa shape index (κ1) is 13.1. The lowest BCUT2D eigenvalue weighted by molar-refractivity contribution is 0.588. The molecule has 1 aliphatic rings. The van der Waals surface area contributed by atoms with E-state index in [0.717, 1.165) is 37.6 Å². The highest BCUT2D eigenvalue weighted by Gasteiger charge is 2.26. The largest absolute Gasteiger partial charge is 0.358 e. The van der Waals surface area contributed by atoms with Crippen LogP contribution >= 0.6 is 0 Å². The van der Waals surface area contributed by atoms with Crippen molar-refractivity contribution in [2.45, 2.75) is 38.6 Å². The van der Waals surface area contributed by atoms with Gasteiger partial charge < -0.3 is 15.2 Å². The molecule has 0 spiro atoms. The van der Waals surface area contributed by atoms with Crippen LogP contribution in [0.5, 0.6) is 0 Å². The number of hydrogen-bond donors (Lipinski definition) is 2. The molecule has 0 radical (unpaired) electrons. The zero-order chi connectivity index (χ0) is 13.1. The highest BCUT2D eigenvalue weighted by Crippen LogP contribution is 2.37. The third kappa shape index (κ3) is 3.57. The number of aromatic amines is 1. The zero-order valence-corrected chi connectivity index (χ0v) is 11.4. The second-order valence-electron chi connectivity index (χ2n) is 5.29. The summed E-state index contributed by atoms with van der Waals surface area (Å²) < 4.78 is 0. The Morgan fingerprint density at radius 3 is 2.89 bits per heavy atom. The Bertz CT molecular complexity index is 451. The lowest BCUT2D eigenvalue weighted by Crippen LogP contribution is -2.33. The number of aromatic nitrogens is 2. The second kappa shape index (κ2) is 5.52. The van der Waals surface area contributed by atoms with Crippen molar-refractivity contribution in [3.63, 3.8) is 0 Å². The molecule has 100 valence electrons. The lowest BCUT2D eigenvalue weighted by Gasteiger charge is -2.19. The third-order valence-electron chi connectivity index (χ3n) is 3.10. The SMILES string of the molecule is CC(C)NCCN(C)c1cc(=O)[nH]c(C2CC2)n1. The summed E-state index contributed by atoms with van der Waals surface area (Å²) in [5.41, 5.74) is -0.0504. The van der Waals surface area contributed by atoms with E-state index in [0.29, 0.717) is 12.0 Å². The first-order valence-corrected chi connectivity index (χ1v) is 6.62. The first-order chi connectivity index (χ1) is 8.56. The van der Waals surface area contributed by atoms with Gasteiger partial charge >= 0.3 is 0 Å². The third-order valence-corrected chi connectivity index (χ3v) is 3.10. The topological polar surface area (TPSA) is 61.0 Å². The van der Waals surface area contributed by atoms with Gasteiger partial charge in [0.1, 0.15) is 11.6 Å². The quantitative estimate of drug-likeness (QED) is 0.793. The van der Waals surface area contributed by atoms with E-state index in [4.69, 9.17) is 0 Å². The Morgan fingerprint density at radius 2 is 2.28 bits per heavy atom. The fourth-order valence-corrected chi connectivity index (χ4v) is 1.84. The Balaban J connectivity index is 2.00. The molecular formula is C13H22N4O. The van der Waals surface area contributed by atoms with Crippen molar-refractivity contribution in [3.05, 3.63) is 22.2 Å². The molecule has 0 aromatic carbocycles. The molecule has 0 amide bonds. The van der Waals surface area contributed by atoms with Crippen molar-refractivity contribution in [1.29, 1.82) is 0 Å². The lowest BCUT2D eigenvalue weighted by atomic mass is 10.3. The van der Waals surface area contributed by atoms with E-state index in [9.17, 15) is 4.79 Å². The summed E-state index contributed by atoms with van der Waals surface area (Å²) in [5, 5.41) is 3.36. The second-order valence-corrected chi connectivity index (χ2v) is 5.29. The van der Waals surface area contributed by atoms with E-state index < -0.39 is 0 Å². The van der Waals surface area contributed by atoms with Gasteiger partial charge in [-0.1, -0.05) is 13.8 Å². The summed E-state index contributed by atoms with van der Waals surface area (Å²) in [4.78, 5) is 21.0. The number of nitrogens with one attached hydrogen (secondary N) is 2. The molecule has 0 unspecified atom stereocenters. The molecule has 1 saturated carbocycles. The normalized spacial score (nSPS) is 15.1. The van der Waals surface area contributed by atoms with Gasteiger partial charge in [-0.3, -0.25) is 4.79 Å². The molecule has 5 nitrogen and oxygen atoms in total. The Kier molecular flexibility index (Phi) is 4.01. The van der Waals surface area contributed by atoms with Crippen molar-refractivity contribution in [2.24, 2.45) is 0 Å². The van der Waals surface area contributed by atoms with Gasteiger partial charge in [0, 0.05) is 38.2 Å². The summed E-state index contributed by atoms with van der Waals surface area (Å²) in [5.74, 6) is 2.09. The van der Waals surface area contributed by atoms with Gasteiger partial charge in [-0.25, -0.2) is 4.98 Å². The van der Waals surface area contributed by atoms with Gasteiger partial charge in [0.2, 0.25) is 0 Å². The van der Waals surface area contributed by atoms with Crippen molar-refractivity contribution < 1.29 is 0 Å². The molecule has 2 rings (SSSR count). The van der Waals surface area contributed by atoms with Crippen molar-refractivity contribution in [1.82, 2.24) is 15.3 Å². The molecule has 18 heavy (non-hydrogen) atoms. The minimum absolute atomic E-state index is 0.0504. The van der Waals surface area contributed by atoms with Crippen LogP contribution in [0.2, 0.25) is 0 Å². The van der Waals surface area contributed by atoms with Crippen molar-refractivity contribution in [3.8, 4) is 0 Å². The molecule has 1 aromatic heterocycles. The highest BCUT2D eigenvalue weighted by molar-refractivity contribution is 5.37. The van der Waals surface area contributed by atoms with Gasteiger partial charge in [-0.15, -0.1) is 0 Å². The predicted molar refractivity (Wildman–Crippen MR) is 73.2 cm³/mol. The molecule has 0 saturated heterocycles. The van der Waals surface area contributed by atoms with Crippen LogP contribution in [0.1, 0.15) is 38.4 Å². The number of anilines is 1. The minimum Gasteiger partial charge on any atom is -0.358 e. The van der Waals surface area contributed by atoms with Crippen LogP contribution in [-0.4, -0.2) is 36.1 Å².